The molecule has 0 bridgehead atoms. The minimum Gasteiger partial charge on any atom is -0.494 e. The van der Waals surface area contributed by atoms with Crippen molar-refractivity contribution >= 4 is 34.7 Å². The van der Waals surface area contributed by atoms with Crippen LogP contribution in [0.2, 0.25) is 0 Å². The topological polar surface area (TPSA) is 144 Å². The molecule has 5 heterocycles. The Bertz CT molecular complexity index is 1390. The highest BCUT2D eigenvalue weighted by atomic mass is 16.3. The second-order valence-electron chi connectivity index (χ2n) is 8.55. The summed E-state index contributed by atoms with van der Waals surface area (Å²) in [4.78, 5) is 25.7. The Hall–Kier alpha value is -4.28. The number of aromatic nitrogens is 5. The first-order valence-electron chi connectivity index (χ1n) is 10.1. The Morgan fingerprint density at radius 3 is 2.66 bits per heavy atom. The van der Waals surface area contributed by atoms with Crippen LogP contribution in [0.5, 0.6) is 11.8 Å². The van der Waals surface area contributed by atoms with Crippen molar-refractivity contribution in [3.63, 3.8) is 0 Å². The molecule has 0 unspecified atom stereocenters. The molecular weight excluding hydrogens is 412 g/mol. The molecule has 3 aromatic heterocycles. The third kappa shape index (κ3) is 2.54. The standard InChI is InChI=1S/C21H20N8O3/c1-21(2)13-4-3-10(7-14(13)24-19(21)32)23-20-25-16-15(22-5-6-29(16)27-20)28-8-11-12(9-28)18(31)26-17(11)30/h3-7,26,30-31H,8-9H2,1-2H3,(H,23,27)(H,24,32). The van der Waals surface area contributed by atoms with Gasteiger partial charge < -0.3 is 25.7 Å². The maximum Gasteiger partial charge on any atom is 0.247 e. The number of aromatic hydroxyl groups is 2. The first kappa shape index (κ1) is 18.5. The van der Waals surface area contributed by atoms with E-state index >= 15 is 0 Å². The van der Waals surface area contributed by atoms with Crippen LogP contribution in [0.4, 0.5) is 23.1 Å². The highest BCUT2D eigenvalue weighted by Crippen LogP contribution is 2.40. The number of benzene rings is 1. The maximum atomic E-state index is 12.2. The highest BCUT2D eigenvalue weighted by molar-refractivity contribution is 6.06. The Morgan fingerprint density at radius 2 is 1.91 bits per heavy atom. The van der Waals surface area contributed by atoms with E-state index < -0.39 is 5.41 Å². The highest BCUT2D eigenvalue weighted by Gasteiger charge is 2.38. The Kier molecular flexibility index (Phi) is 3.54. The summed E-state index contributed by atoms with van der Waals surface area (Å²) in [6, 6.07) is 5.69. The molecule has 0 saturated carbocycles. The lowest BCUT2D eigenvalue weighted by Gasteiger charge is -2.16. The molecule has 6 rings (SSSR count). The van der Waals surface area contributed by atoms with E-state index in [1.54, 1.807) is 16.9 Å². The number of amides is 1. The molecule has 11 heteroatoms. The Morgan fingerprint density at radius 1 is 1.16 bits per heavy atom. The summed E-state index contributed by atoms with van der Waals surface area (Å²) < 4.78 is 1.62. The van der Waals surface area contributed by atoms with Gasteiger partial charge in [-0.25, -0.2) is 9.50 Å². The molecule has 0 saturated heterocycles. The fourth-order valence-electron chi connectivity index (χ4n) is 4.36. The molecule has 1 aromatic carbocycles. The van der Waals surface area contributed by atoms with Gasteiger partial charge in [-0.3, -0.25) is 9.78 Å². The minimum absolute atomic E-state index is 0.0286. The van der Waals surface area contributed by atoms with Crippen LogP contribution in [-0.2, 0) is 23.3 Å². The van der Waals surface area contributed by atoms with E-state index in [1.165, 1.54) is 0 Å². The third-order valence-electron chi connectivity index (χ3n) is 6.17. The molecular formula is C21H20N8O3. The molecule has 0 fully saturated rings. The van der Waals surface area contributed by atoms with E-state index in [1.807, 2.05) is 36.9 Å². The number of aromatic amines is 1. The van der Waals surface area contributed by atoms with Gasteiger partial charge in [0.1, 0.15) is 0 Å². The van der Waals surface area contributed by atoms with E-state index in [9.17, 15) is 15.0 Å². The number of nitrogens with one attached hydrogen (secondary N) is 3. The van der Waals surface area contributed by atoms with Crippen molar-refractivity contribution < 1.29 is 15.0 Å². The van der Waals surface area contributed by atoms with Gasteiger partial charge in [0.2, 0.25) is 11.9 Å². The number of hydrogen-bond acceptors (Lipinski definition) is 8. The summed E-state index contributed by atoms with van der Waals surface area (Å²) >= 11 is 0. The molecule has 0 radical (unpaired) electrons. The summed E-state index contributed by atoms with van der Waals surface area (Å²) in [5, 5.41) is 30.6. The van der Waals surface area contributed by atoms with Gasteiger partial charge in [0.05, 0.1) is 18.5 Å². The van der Waals surface area contributed by atoms with Gasteiger partial charge >= 0.3 is 0 Å². The van der Waals surface area contributed by atoms with Crippen LogP contribution < -0.4 is 15.5 Å². The smallest absolute Gasteiger partial charge is 0.247 e. The molecule has 11 nitrogen and oxygen atoms in total. The van der Waals surface area contributed by atoms with Crippen molar-refractivity contribution in [2.24, 2.45) is 0 Å². The lowest BCUT2D eigenvalue weighted by molar-refractivity contribution is -0.119. The zero-order valence-electron chi connectivity index (χ0n) is 17.3. The molecule has 0 aliphatic carbocycles. The predicted octanol–water partition coefficient (Wildman–Crippen LogP) is 2.36. The fraction of sp³-hybridized carbons (Fsp3) is 0.238. The zero-order valence-corrected chi connectivity index (χ0v) is 17.3. The number of nitrogens with zero attached hydrogens (tertiary/aromatic N) is 5. The van der Waals surface area contributed by atoms with E-state index in [-0.39, 0.29) is 17.7 Å². The SMILES string of the molecule is CC1(C)C(=O)Nc2cc(Nc3nc4c(N5Cc6c(O)[nH]c(O)c6C5)nccn4n3)ccc21. The Labute approximate surface area is 181 Å². The summed E-state index contributed by atoms with van der Waals surface area (Å²) in [5.41, 5.74) is 3.74. The average molecular weight is 432 g/mol. The van der Waals surface area contributed by atoms with Crippen LogP contribution in [0.15, 0.2) is 30.6 Å². The van der Waals surface area contributed by atoms with Crippen molar-refractivity contribution in [2.45, 2.75) is 32.4 Å². The van der Waals surface area contributed by atoms with Crippen LogP contribution in [0.25, 0.3) is 5.65 Å². The molecule has 162 valence electrons. The van der Waals surface area contributed by atoms with Gasteiger partial charge in [0.25, 0.3) is 0 Å². The van der Waals surface area contributed by atoms with Gasteiger partial charge in [0.15, 0.2) is 23.2 Å². The molecule has 2 aliphatic heterocycles. The van der Waals surface area contributed by atoms with Crippen molar-refractivity contribution in [2.75, 3.05) is 15.5 Å². The summed E-state index contributed by atoms with van der Waals surface area (Å²) in [7, 11) is 0. The number of hydrogen-bond donors (Lipinski definition) is 5. The third-order valence-corrected chi connectivity index (χ3v) is 6.17. The van der Waals surface area contributed by atoms with Gasteiger partial charge in [-0.15, -0.1) is 5.10 Å². The first-order chi connectivity index (χ1) is 15.3. The van der Waals surface area contributed by atoms with E-state index in [0.29, 0.717) is 41.6 Å². The molecule has 0 atom stereocenters. The van der Waals surface area contributed by atoms with Gasteiger partial charge in [-0.2, -0.15) is 4.98 Å². The number of anilines is 4. The largest absolute Gasteiger partial charge is 0.494 e. The van der Waals surface area contributed by atoms with Gasteiger partial charge in [-0.05, 0) is 31.5 Å². The molecule has 2 aliphatic rings. The quantitative estimate of drug-likeness (QED) is 0.332. The van der Waals surface area contributed by atoms with E-state index in [2.05, 4.69) is 30.7 Å². The number of fused-ring (bicyclic) bond motifs is 3. The van der Waals surface area contributed by atoms with Crippen LogP contribution in [0.3, 0.4) is 0 Å². The van der Waals surface area contributed by atoms with Gasteiger partial charge in [-0.1, -0.05) is 6.07 Å². The zero-order chi connectivity index (χ0) is 22.2. The monoisotopic (exact) mass is 432 g/mol. The fourth-order valence-corrected chi connectivity index (χ4v) is 4.36. The maximum absolute atomic E-state index is 12.2. The second kappa shape index (κ2) is 6.13. The van der Waals surface area contributed by atoms with Crippen molar-refractivity contribution in [1.29, 1.82) is 0 Å². The molecule has 0 spiro atoms. The lowest BCUT2D eigenvalue weighted by atomic mass is 9.86. The molecule has 1 amide bonds. The number of carbonyl (C=O) groups is 1. The molecule has 4 aromatic rings. The number of H-pyrrole nitrogens is 1. The second-order valence-corrected chi connectivity index (χ2v) is 8.55. The van der Waals surface area contributed by atoms with Crippen LogP contribution in [-0.4, -0.2) is 40.7 Å². The summed E-state index contributed by atoms with van der Waals surface area (Å²) in [6.07, 6.45) is 3.33. The van der Waals surface area contributed by atoms with E-state index in [0.717, 1.165) is 16.9 Å². The van der Waals surface area contributed by atoms with Crippen LogP contribution in [0, 0.1) is 0 Å². The van der Waals surface area contributed by atoms with Crippen molar-refractivity contribution in [3.05, 3.63) is 47.3 Å². The first-order valence-corrected chi connectivity index (χ1v) is 10.1. The predicted molar refractivity (Wildman–Crippen MR) is 116 cm³/mol. The van der Waals surface area contributed by atoms with Crippen LogP contribution >= 0.6 is 0 Å². The minimum atomic E-state index is -0.562. The Balaban J connectivity index is 1.31. The van der Waals surface area contributed by atoms with Crippen molar-refractivity contribution in [1.82, 2.24) is 24.6 Å². The normalized spacial score (nSPS) is 16.3. The van der Waals surface area contributed by atoms with Crippen molar-refractivity contribution in [3.8, 4) is 11.8 Å². The number of rotatable bonds is 3. The average Bonchev–Trinajstić information content (AvgIpc) is 3.47. The van der Waals surface area contributed by atoms with Crippen LogP contribution in [0.1, 0.15) is 30.5 Å². The summed E-state index contributed by atoms with van der Waals surface area (Å²) in [5.74, 6) is 0.864. The summed E-state index contributed by atoms with van der Waals surface area (Å²) in [6.45, 7) is 4.57. The van der Waals surface area contributed by atoms with Gasteiger partial charge in [0, 0.05) is 34.9 Å². The lowest BCUT2D eigenvalue weighted by Crippen LogP contribution is -2.26. The number of carbonyl (C=O) groups excluding carboxylic acids is 1. The molecule has 5 N–H and O–H groups in total. The molecule has 32 heavy (non-hydrogen) atoms. The van der Waals surface area contributed by atoms with E-state index in [4.69, 9.17) is 0 Å².